The van der Waals surface area contributed by atoms with Gasteiger partial charge in [0.25, 0.3) is 5.91 Å². The minimum absolute atomic E-state index is 0.0308. The number of pyridine rings is 1. The summed E-state index contributed by atoms with van der Waals surface area (Å²) in [6, 6.07) is 5.49. The Labute approximate surface area is 105 Å². The van der Waals surface area contributed by atoms with E-state index in [1.54, 1.807) is 13.2 Å². The lowest BCUT2D eigenvalue weighted by Gasteiger charge is -2.26. The van der Waals surface area contributed by atoms with E-state index in [1.807, 2.05) is 28.8 Å². The molecule has 1 aromatic rings. The smallest absolute Gasteiger partial charge is 0.272 e. The molecule has 0 spiro atoms. The summed E-state index contributed by atoms with van der Waals surface area (Å²) in [4.78, 5) is 18.4. The lowest BCUT2D eigenvalue weighted by atomic mass is 10.2. The molecule has 1 saturated heterocycles. The molecule has 0 aliphatic carbocycles. The molecule has 2 rings (SSSR count). The molecular formula is C12H16N2O2S. The van der Waals surface area contributed by atoms with Gasteiger partial charge in [-0.15, -0.1) is 0 Å². The Hall–Kier alpha value is -1.07. The molecule has 0 saturated carbocycles. The predicted octanol–water partition coefficient (Wildman–Crippen LogP) is 1.42. The number of hydrogen-bond acceptors (Lipinski definition) is 4. The molecule has 1 aliphatic rings. The molecule has 0 aromatic carbocycles. The van der Waals surface area contributed by atoms with Crippen LogP contribution in [0.4, 0.5) is 0 Å². The fourth-order valence-corrected chi connectivity index (χ4v) is 2.66. The molecule has 92 valence electrons. The summed E-state index contributed by atoms with van der Waals surface area (Å²) in [6.45, 7) is 2.08. The topological polar surface area (TPSA) is 42.4 Å². The number of ether oxygens (including phenoxy) is 1. The van der Waals surface area contributed by atoms with Gasteiger partial charge in [-0.2, -0.15) is 11.8 Å². The van der Waals surface area contributed by atoms with E-state index in [0.29, 0.717) is 12.3 Å². The van der Waals surface area contributed by atoms with Crippen LogP contribution < -0.4 is 0 Å². The molecule has 0 unspecified atom stereocenters. The average molecular weight is 252 g/mol. The van der Waals surface area contributed by atoms with Crippen LogP contribution in [0.2, 0.25) is 0 Å². The number of rotatable bonds is 3. The first-order chi connectivity index (χ1) is 8.31. The lowest BCUT2D eigenvalue weighted by molar-refractivity contribution is 0.0765. The highest BCUT2D eigenvalue weighted by atomic mass is 32.2. The summed E-state index contributed by atoms with van der Waals surface area (Å²) < 4.78 is 5.02. The van der Waals surface area contributed by atoms with Crippen molar-refractivity contribution >= 4 is 17.7 Å². The Bertz CT molecular complexity index is 392. The molecule has 0 bridgehead atoms. The van der Waals surface area contributed by atoms with Gasteiger partial charge in [0.05, 0.1) is 12.3 Å². The van der Waals surface area contributed by atoms with Crippen molar-refractivity contribution in [1.82, 2.24) is 9.88 Å². The molecule has 0 N–H and O–H groups in total. The monoisotopic (exact) mass is 252 g/mol. The van der Waals surface area contributed by atoms with Gasteiger partial charge >= 0.3 is 0 Å². The minimum atomic E-state index is 0.0308. The molecule has 1 amide bonds. The molecule has 1 fully saturated rings. The average Bonchev–Trinajstić information content (AvgIpc) is 2.40. The van der Waals surface area contributed by atoms with Gasteiger partial charge in [0.2, 0.25) is 0 Å². The zero-order valence-corrected chi connectivity index (χ0v) is 10.7. The van der Waals surface area contributed by atoms with Crippen molar-refractivity contribution in [2.24, 2.45) is 0 Å². The summed E-state index contributed by atoms with van der Waals surface area (Å²) in [5, 5.41) is 0. The van der Waals surface area contributed by atoms with Gasteiger partial charge < -0.3 is 9.64 Å². The van der Waals surface area contributed by atoms with Crippen LogP contribution in [0.25, 0.3) is 0 Å². The van der Waals surface area contributed by atoms with Crippen molar-refractivity contribution < 1.29 is 9.53 Å². The fraction of sp³-hybridized carbons (Fsp3) is 0.500. The zero-order chi connectivity index (χ0) is 12.1. The minimum Gasteiger partial charge on any atom is -0.378 e. The molecule has 1 aromatic heterocycles. The lowest BCUT2D eigenvalue weighted by Crippen LogP contribution is -2.38. The van der Waals surface area contributed by atoms with Gasteiger partial charge in [0.1, 0.15) is 5.69 Å². The third kappa shape index (κ3) is 3.20. The first-order valence-corrected chi connectivity index (χ1v) is 6.78. The van der Waals surface area contributed by atoms with Crippen molar-refractivity contribution in [3.05, 3.63) is 29.6 Å². The largest absolute Gasteiger partial charge is 0.378 e. The van der Waals surface area contributed by atoms with E-state index in [9.17, 15) is 4.79 Å². The number of nitrogens with zero attached hydrogens (tertiary/aromatic N) is 2. The third-order valence-electron chi connectivity index (χ3n) is 2.62. The predicted molar refractivity (Wildman–Crippen MR) is 68.2 cm³/mol. The Kier molecular flexibility index (Phi) is 4.39. The van der Waals surface area contributed by atoms with Gasteiger partial charge in [-0.3, -0.25) is 4.79 Å². The first kappa shape index (κ1) is 12.4. The van der Waals surface area contributed by atoms with Crippen molar-refractivity contribution in [3.63, 3.8) is 0 Å². The standard InChI is InChI=1S/C12H16N2O2S/c1-16-9-10-3-2-4-11(13-10)12(15)14-5-7-17-8-6-14/h2-4H,5-9H2,1H3. The third-order valence-corrected chi connectivity index (χ3v) is 3.56. The van der Waals surface area contributed by atoms with E-state index in [2.05, 4.69) is 4.98 Å². The molecule has 4 nitrogen and oxygen atoms in total. The fourth-order valence-electron chi connectivity index (χ4n) is 1.76. The molecule has 1 aliphatic heterocycles. The second-order valence-corrected chi connectivity index (χ2v) is 5.08. The van der Waals surface area contributed by atoms with E-state index < -0.39 is 0 Å². The van der Waals surface area contributed by atoms with Crippen molar-refractivity contribution in [1.29, 1.82) is 0 Å². The van der Waals surface area contributed by atoms with Gasteiger partial charge in [0, 0.05) is 31.7 Å². The number of carbonyl (C=O) groups excluding carboxylic acids is 1. The second kappa shape index (κ2) is 6.02. The number of carbonyl (C=O) groups is 1. The molecule has 0 atom stereocenters. The number of thioether (sulfide) groups is 1. The van der Waals surface area contributed by atoms with E-state index in [4.69, 9.17) is 4.74 Å². The summed E-state index contributed by atoms with van der Waals surface area (Å²) in [6.07, 6.45) is 0. The summed E-state index contributed by atoms with van der Waals surface area (Å²) >= 11 is 1.89. The number of hydrogen-bond donors (Lipinski definition) is 0. The molecule has 2 heterocycles. The summed E-state index contributed by atoms with van der Waals surface area (Å²) in [7, 11) is 1.62. The van der Waals surface area contributed by atoms with Crippen molar-refractivity contribution in [2.45, 2.75) is 6.61 Å². The zero-order valence-electron chi connectivity index (χ0n) is 9.89. The maximum absolute atomic E-state index is 12.2. The van der Waals surface area contributed by atoms with Crippen LogP contribution >= 0.6 is 11.8 Å². The van der Waals surface area contributed by atoms with E-state index in [1.165, 1.54) is 0 Å². The SMILES string of the molecule is COCc1cccc(C(=O)N2CCSCC2)n1. The van der Waals surface area contributed by atoms with E-state index >= 15 is 0 Å². The van der Waals surface area contributed by atoms with Crippen LogP contribution in [-0.2, 0) is 11.3 Å². The van der Waals surface area contributed by atoms with E-state index in [-0.39, 0.29) is 5.91 Å². The Balaban J connectivity index is 2.09. The van der Waals surface area contributed by atoms with Crippen LogP contribution in [-0.4, -0.2) is 47.5 Å². The van der Waals surface area contributed by atoms with Crippen LogP contribution in [0.5, 0.6) is 0 Å². The quantitative estimate of drug-likeness (QED) is 0.816. The van der Waals surface area contributed by atoms with Crippen LogP contribution in [0.1, 0.15) is 16.2 Å². The van der Waals surface area contributed by atoms with Crippen molar-refractivity contribution in [2.75, 3.05) is 31.7 Å². The number of aromatic nitrogens is 1. The van der Waals surface area contributed by atoms with E-state index in [0.717, 1.165) is 30.3 Å². The van der Waals surface area contributed by atoms with Crippen LogP contribution in [0.3, 0.4) is 0 Å². The maximum atomic E-state index is 12.2. The second-order valence-electron chi connectivity index (χ2n) is 3.85. The molecule has 17 heavy (non-hydrogen) atoms. The highest BCUT2D eigenvalue weighted by Gasteiger charge is 2.19. The van der Waals surface area contributed by atoms with Crippen molar-refractivity contribution in [3.8, 4) is 0 Å². The molecule has 0 radical (unpaired) electrons. The number of methoxy groups -OCH3 is 1. The van der Waals surface area contributed by atoms with Crippen LogP contribution in [0, 0.1) is 0 Å². The molecule has 5 heteroatoms. The van der Waals surface area contributed by atoms with Gasteiger partial charge in [0.15, 0.2) is 0 Å². The highest BCUT2D eigenvalue weighted by Crippen LogP contribution is 2.12. The normalized spacial score (nSPS) is 15.9. The van der Waals surface area contributed by atoms with Gasteiger partial charge in [-0.1, -0.05) is 6.07 Å². The molecular weight excluding hydrogens is 236 g/mol. The Morgan fingerprint density at radius 2 is 2.24 bits per heavy atom. The Morgan fingerprint density at radius 1 is 1.47 bits per heavy atom. The van der Waals surface area contributed by atoms with Gasteiger partial charge in [-0.05, 0) is 12.1 Å². The number of amides is 1. The van der Waals surface area contributed by atoms with Gasteiger partial charge in [-0.25, -0.2) is 4.98 Å². The maximum Gasteiger partial charge on any atom is 0.272 e. The first-order valence-electron chi connectivity index (χ1n) is 5.63. The van der Waals surface area contributed by atoms with Crippen LogP contribution in [0.15, 0.2) is 18.2 Å². The summed E-state index contributed by atoms with van der Waals surface area (Å²) in [5.74, 6) is 2.07. The Morgan fingerprint density at radius 3 is 2.94 bits per heavy atom. The highest BCUT2D eigenvalue weighted by molar-refractivity contribution is 7.99. The summed E-state index contributed by atoms with van der Waals surface area (Å²) in [5.41, 5.74) is 1.32.